The van der Waals surface area contributed by atoms with Crippen LogP contribution in [0.2, 0.25) is 0 Å². The Hall–Kier alpha value is -1.47. The molecule has 1 aliphatic carbocycles. The van der Waals surface area contributed by atoms with Gasteiger partial charge in [-0.3, -0.25) is 4.79 Å². The van der Waals surface area contributed by atoms with Crippen molar-refractivity contribution in [3.8, 4) is 0 Å². The molecule has 1 aliphatic rings. The summed E-state index contributed by atoms with van der Waals surface area (Å²) in [6.07, 6.45) is 6.73. The molecule has 0 aliphatic heterocycles. The summed E-state index contributed by atoms with van der Waals surface area (Å²) in [7, 11) is 0. The topological polar surface area (TPSA) is 89.3 Å². The van der Waals surface area contributed by atoms with Gasteiger partial charge in [0.25, 0.3) is 0 Å². The number of carbonyl (C=O) groups excluding carboxylic acids is 1. The van der Waals surface area contributed by atoms with Crippen molar-refractivity contribution < 1.29 is 14.6 Å². The number of carbonyl (C=O) groups is 1. The Morgan fingerprint density at radius 3 is 2.87 bits per heavy atom. The Morgan fingerprint density at radius 2 is 2.22 bits per heavy atom. The molecule has 0 spiro atoms. The highest BCUT2D eigenvalue weighted by atomic mass is 16.5. The van der Waals surface area contributed by atoms with Crippen molar-refractivity contribution in [2.45, 2.75) is 70.6 Å². The van der Waals surface area contributed by atoms with Gasteiger partial charge in [-0.2, -0.15) is 0 Å². The minimum absolute atomic E-state index is 0.0258. The van der Waals surface area contributed by atoms with Gasteiger partial charge in [-0.1, -0.05) is 25.0 Å². The molecule has 2 atom stereocenters. The predicted octanol–water partition coefficient (Wildman–Crippen LogP) is 1.53. The van der Waals surface area contributed by atoms with Crippen LogP contribution in [0.5, 0.6) is 0 Å². The molecule has 1 aromatic heterocycles. The first kappa shape index (κ1) is 17.9. The van der Waals surface area contributed by atoms with E-state index in [0.29, 0.717) is 12.3 Å². The Balaban J connectivity index is 2.00. The Morgan fingerprint density at radius 1 is 1.48 bits per heavy atom. The molecule has 23 heavy (non-hydrogen) atoms. The first-order chi connectivity index (χ1) is 10.9. The molecule has 0 aromatic carbocycles. The Labute approximate surface area is 137 Å². The maximum atomic E-state index is 12.0. The fourth-order valence-electron chi connectivity index (χ4n) is 2.87. The lowest BCUT2D eigenvalue weighted by molar-refractivity contribution is -0.127. The Bertz CT molecular complexity index is 510. The van der Waals surface area contributed by atoms with E-state index in [1.54, 1.807) is 24.7 Å². The molecule has 0 saturated heterocycles. The zero-order chi connectivity index (χ0) is 16.9. The number of nitrogens with zero attached hydrogens (tertiary/aromatic N) is 3. The van der Waals surface area contributed by atoms with Crippen LogP contribution in [-0.2, 0) is 15.1 Å². The van der Waals surface area contributed by atoms with Crippen molar-refractivity contribution in [2.24, 2.45) is 0 Å². The van der Waals surface area contributed by atoms with E-state index in [1.165, 1.54) is 0 Å². The van der Waals surface area contributed by atoms with Crippen LogP contribution in [-0.4, -0.2) is 45.3 Å². The smallest absolute Gasteiger partial charge is 0.246 e. The molecule has 1 aromatic rings. The minimum atomic E-state index is -1.01. The van der Waals surface area contributed by atoms with Crippen LogP contribution in [0.3, 0.4) is 0 Å². The van der Waals surface area contributed by atoms with E-state index in [0.717, 1.165) is 32.1 Å². The summed E-state index contributed by atoms with van der Waals surface area (Å²) in [6, 6.07) is 0.0975. The van der Waals surface area contributed by atoms with E-state index in [-0.39, 0.29) is 24.6 Å². The lowest BCUT2D eigenvalue weighted by Gasteiger charge is -2.32. The molecule has 2 N–H and O–H groups in total. The fourth-order valence-corrected chi connectivity index (χ4v) is 2.87. The van der Waals surface area contributed by atoms with Gasteiger partial charge in [0.2, 0.25) is 5.91 Å². The van der Waals surface area contributed by atoms with Crippen LogP contribution < -0.4 is 5.32 Å². The van der Waals surface area contributed by atoms with Crippen molar-refractivity contribution in [3.63, 3.8) is 0 Å². The molecule has 0 radical (unpaired) electrons. The molecular formula is C16H28N4O3. The normalized spacial score (nSPS) is 22.1. The zero-order valence-corrected chi connectivity index (χ0v) is 14.3. The SMILES string of the molecule is CCCOCC(=O)N[C@H]1CCCC[C@H]1n1cc(C(C)(C)O)nn1. The van der Waals surface area contributed by atoms with Crippen LogP contribution >= 0.6 is 0 Å². The monoisotopic (exact) mass is 324 g/mol. The summed E-state index contributed by atoms with van der Waals surface area (Å²) in [5, 5.41) is 21.3. The zero-order valence-electron chi connectivity index (χ0n) is 14.3. The van der Waals surface area contributed by atoms with Crippen LogP contribution in [0.25, 0.3) is 0 Å². The first-order valence-corrected chi connectivity index (χ1v) is 8.43. The lowest BCUT2D eigenvalue weighted by atomic mass is 9.90. The number of amides is 1. The highest BCUT2D eigenvalue weighted by Gasteiger charge is 2.30. The molecule has 2 rings (SSSR count). The third kappa shape index (κ3) is 5.00. The lowest BCUT2D eigenvalue weighted by Crippen LogP contribution is -2.44. The summed E-state index contributed by atoms with van der Waals surface area (Å²) < 4.78 is 7.08. The van der Waals surface area contributed by atoms with E-state index in [2.05, 4.69) is 15.6 Å². The molecule has 1 fully saturated rings. The van der Waals surface area contributed by atoms with E-state index in [4.69, 9.17) is 4.74 Å². The number of nitrogens with one attached hydrogen (secondary N) is 1. The quantitative estimate of drug-likeness (QED) is 0.743. The molecule has 130 valence electrons. The van der Waals surface area contributed by atoms with Crippen LogP contribution in [0.15, 0.2) is 6.20 Å². The van der Waals surface area contributed by atoms with Crippen molar-refractivity contribution in [1.29, 1.82) is 0 Å². The highest BCUT2D eigenvalue weighted by molar-refractivity contribution is 5.77. The van der Waals surface area contributed by atoms with Crippen LogP contribution in [0, 0.1) is 0 Å². The number of hydrogen-bond donors (Lipinski definition) is 2. The van der Waals surface area contributed by atoms with Crippen molar-refractivity contribution in [2.75, 3.05) is 13.2 Å². The number of rotatable bonds is 7. The Kier molecular flexibility index (Phi) is 6.12. The van der Waals surface area contributed by atoms with Gasteiger partial charge in [-0.25, -0.2) is 4.68 Å². The molecular weight excluding hydrogens is 296 g/mol. The molecule has 1 heterocycles. The molecule has 1 amide bonds. The van der Waals surface area contributed by atoms with Crippen molar-refractivity contribution in [3.05, 3.63) is 11.9 Å². The number of aromatic nitrogens is 3. The van der Waals surface area contributed by atoms with Gasteiger partial charge in [0.15, 0.2) is 0 Å². The predicted molar refractivity (Wildman–Crippen MR) is 85.8 cm³/mol. The minimum Gasteiger partial charge on any atom is -0.384 e. The summed E-state index contributed by atoms with van der Waals surface area (Å²) in [6.45, 7) is 6.09. The highest BCUT2D eigenvalue weighted by Crippen LogP contribution is 2.29. The van der Waals surface area contributed by atoms with Gasteiger partial charge in [0, 0.05) is 6.61 Å². The largest absolute Gasteiger partial charge is 0.384 e. The summed E-state index contributed by atoms with van der Waals surface area (Å²) in [5.41, 5.74) is -0.473. The summed E-state index contributed by atoms with van der Waals surface area (Å²) >= 11 is 0. The summed E-state index contributed by atoms with van der Waals surface area (Å²) in [5.74, 6) is -0.0850. The van der Waals surface area contributed by atoms with Crippen molar-refractivity contribution >= 4 is 5.91 Å². The van der Waals surface area contributed by atoms with Crippen LogP contribution in [0.4, 0.5) is 0 Å². The van der Waals surface area contributed by atoms with Gasteiger partial charge < -0.3 is 15.2 Å². The number of aliphatic hydroxyl groups is 1. The fraction of sp³-hybridized carbons (Fsp3) is 0.812. The first-order valence-electron chi connectivity index (χ1n) is 8.43. The average molecular weight is 324 g/mol. The maximum absolute atomic E-state index is 12.0. The third-order valence-electron chi connectivity index (χ3n) is 4.13. The summed E-state index contributed by atoms with van der Waals surface area (Å²) in [4.78, 5) is 12.0. The average Bonchev–Trinajstić information content (AvgIpc) is 2.98. The van der Waals surface area contributed by atoms with E-state index in [1.807, 2.05) is 6.92 Å². The van der Waals surface area contributed by atoms with E-state index < -0.39 is 5.60 Å². The number of ether oxygens (including phenoxy) is 1. The second-order valence-corrected chi connectivity index (χ2v) is 6.72. The molecule has 0 unspecified atom stereocenters. The van der Waals surface area contributed by atoms with Gasteiger partial charge in [-0.05, 0) is 33.1 Å². The van der Waals surface area contributed by atoms with Gasteiger partial charge in [0.1, 0.15) is 17.9 Å². The molecule has 7 heteroatoms. The number of hydrogen-bond acceptors (Lipinski definition) is 5. The second-order valence-electron chi connectivity index (χ2n) is 6.72. The van der Waals surface area contributed by atoms with E-state index in [9.17, 15) is 9.90 Å². The maximum Gasteiger partial charge on any atom is 0.246 e. The van der Waals surface area contributed by atoms with Gasteiger partial charge in [0.05, 0.1) is 18.3 Å². The molecule has 1 saturated carbocycles. The van der Waals surface area contributed by atoms with Crippen LogP contribution in [0.1, 0.15) is 64.6 Å². The van der Waals surface area contributed by atoms with Crippen molar-refractivity contribution in [1.82, 2.24) is 20.3 Å². The van der Waals surface area contributed by atoms with Gasteiger partial charge in [-0.15, -0.1) is 5.10 Å². The van der Waals surface area contributed by atoms with Gasteiger partial charge >= 0.3 is 0 Å². The third-order valence-corrected chi connectivity index (χ3v) is 4.13. The van der Waals surface area contributed by atoms with E-state index >= 15 is 0 Å². The molecule has 7 nitrogen and oxygen atoms in total. The second kappa shape index (κ2) is 7.88. The molecule has 0 bridgehead atoms. The standard InChI is InChI=1S/C16H28N4O3/c1-4-9-23-11-15(21)17-12-7-5-6-8-13(12)20-10-14(18-19-20)16(2,3)22/h10,12-13,22H,4-9,11H2,1-3H3,(H,17,21)/t12-,13+/m0/s1.